The molecule has 0 aromatic heterocycles. The van der Waals surface area contributed by atoms with Crippen molar-refractivity contribution >= 4 is 23.1 Å². The lowest BCUT2D eigenvalue weighted by Crippen LogP contribution is -2.34. The zero-order valence-electron chi connectivity index (χ0n) is 13.3. The van der Waals surface area contributed by atoms with Crippen LogP contribution in [0.15, 0.2) is 0 Å². The van der Waals surface area contributed by atoms with Gasteiger partial charge in [-0.1, -0.05) is 45.8 Å². The summed E-state index contributed by atoms with van der Waals surface area (Å²) in [5, 5.41) is 0. The largest absolute Gasteiger partial charge is 0.393 e. The van der Waals surface area contributed by atoms with Crippen molar-refractivity contribution in [3.8, 4) is 0 Å². The highest BCUT2D eigenvalue weighted by molar-refractivity contribution is 7.80. The predicted molar refractivity (Wildman–Crippen MR) is 88.6 cm³/mol. The van der Waals surface area contributed by atoms with E-state index in [1.165, 1.54) is 12.8 Å². The molecule has 1 amide bonds. The van der Waals surface area contributed by atoms with Crippen LogP contribution in [-0.2, 0) is 4.79 Å². The Bertz CT molecular complexity index is 341. The normalized spacial score (nSPS) is 20.9. The number of rotatable bonds is 7. The van der Waals surface area contributed by atoms with Crippen molar-refractivity contribution in [2.75, 3.05) is 13.1 Å². The average Bonchev–Trinajstić information content (AvgIpc) is 2.54. The first-order valence-corrected chi connectivity index (χ1v) is 8.35. The van der Waals surface area contributed by atoms with Crippen LogP contribution in [0, 0.1) is 11.3 Å². The first-order valence-electron chi connectivity index (χ1n) is 7.94. The summed E-state index contributed by atoms with van der Waals surface area (Å²) in [4.78, 5) is 14.7. The number of hydrogen-bond acceptors (Lipinski definition) is 2. The summed E-state index contributed by atoms with van der Waals surface area (Å²) < 4.78 is 0. The number of nitrogens with two attached hydrogens (primary N) is 1. The fourth-order valence-corrected chi connectivity index (χ4v) is 2.96. The quantitative estimate of drug-likeness (QED) is 0.732. The molecule has 1 rings (SSSR count). The van der Waals surface area contributed by atoms with E-state index in [2.05, 4.69) is 20.8 Å². The summed E-state index contributed by atoms with van der Waals surface area (Å²) in [6.07, 6.45) is 7.37. The van der Waals surface area contributed by atoms with Gasteiger partial charge in [0.2, 0.25) is 5.91 Å². The Morgan fingerprint density at radius 3 is 2.75 bits per heavy atom. The molecule has 116 valence electrons. The molecule has 4 heteroatoms. The third-order valence-electron chi connectivity index (χ3n) is 4.52. The van der Waals surface area contributed by atoms with Crippen LogP contribution in [0.1, 0.15) is 65.7 Å². The lowest BCUT2D eigenvalue weighted by atomic mass is 9.88. The minimum Gasteiger partial charge on any atom is -0.393 e. The fraction of sp³-hybridized carbons (Fsp3) is 0.875. The molecule has 1 aliphatic rings. The van der Waals surface area contributed by atoms with Crippen molar-refractivity contribution in [1.82, 2.24) is 4.90 Å². The Morgan fingerprint density at radius 2 is 2.15 bits per heavy atom. The van der Waals surface area contributed by atoms with Gasteiger partial charge in [0.15, 0.2) is 0 Å². The summed E-state index contributed by atoms with van der Waals surface area (Å²) in [5.41, 5.74) is 5.64. The molecular formula is C16H30N2OS. The average molecular weight is 298 g/mol. The SMILES string of the molecule is CCCC1CCC(=O)N(CCCC(C)(C)C(N)=S)CC1. The Hall–Kier alpha value is -0.640. The Labute approximate surface area is 129 Å². The third kappa shape index (κ3) is 5.39. The number of thiocarbonyl (C=S) groups is 1. The van der Waals surface area contributed by atoms with Crippen LogP contribution < -0.4 is 5.73 Å². The van der Waals surface area contributed by atoms with Gasteiger partial charge in [0, 0.05) is 24.9 Å². The number of amides is 1. The van der Waals surface area contributed by atoms with E-state index in [1.807, 2.05) is 4.90 Å². The van der Waals surface area contributed by atoms with Crippen molar-refractivity contribution in [3.05, 3.63) is 0 Å². The third-order valence-corrected chi connectivity index (χ3v) is 5.07. The van der Waals surface area contributed by atoms with E-state index >= 15 is 0 Å². The maximum Gasteiger partial charge on any atom is 0.222 e. The summed E-state index contributed by atoms with van der Waals surface area (Å²) in [5.74, 6) is 1.07. The van der Waals surface area contributed by atoms with Crippen LogP contribution in [0.4, 0.5) is 0 Å². The summed E-state index contributed by atoms with van der Waals surface area (Å²) in [6.45, 7) is 8.16. The fourth-order valence-electron chi connectivity index (χ4n) is 2.86. The maximum absolute atomic E-state index is 12.1. The minimum absolute atomic E-state index is 0.102. The van der Waals surface area contributed by atoms with E-state index in [0.29, 0.717) is 10.9 Å². The zero-order chi connectivity index (χ0) is 15.2. The molecule has 0 saturated carbocycles. The van der Waals surface area contributed by atoms with E-state index in [4.69, 9.17) is 18.0 Å². The molecular weight excluding hydrogens is 268 g/mol. The molecule has 1 heterocycles. The van der Waals surface area contributed by atoms with Crippen LogP contribution in [-0.4, -0.2) is 28.9 Å². The molecule has 0 aromatic rings. The Balaban J connectivity index is 2.39. The lowest BCUT2D eigenvalue weighted by molar-refractivity contribution is -0.130. The van der Waals surface area contributed by atoms with Gasteiger partial charge >= 0.3 is 0 Å². The smallest absolute Gasteiger partial charge is 0.222 e. The van der Waals surface area contributed by atoms with Crippen molar-refractivity contribution in [2.24, 2.45) is 17.1 Å². The highest BCUT2D eigenvalue weighted by Gasteiger charge is 2.24. The van der Waals surface area contributed by atoms with Gasteiger partial charge in [0.05, 0.1) is 4.99 Å². The van der Waals surface area contributed by atoms with Gasteiger partial charge in [-0.2, -0.15) is 0 Å². The molecule has 0 spiro atoms. The lowest BCUT2D eigenvalue weighted by Gasteiger charge is -2.26. The van der Waals surface area contributed by atoms with Crippen LogP contribution in [0.25, 0.3) is 0 Å². The van der Waals surface area contributed by atoms with Gasteiger partial charge < -0.3 is 10.6 Å². The van der Waals surface area contributed by atoms with E-state index < -0.39 is 0 Å². The molecule has 1 unspecified atom stereocenters. The number of carbonyl (C=O) groups is 1. The summed E-state index contributed by atoms with van der Waals surface area (Å²) >= 11 is 5.09. The molecule has 3 nitrogen and oxygen atoms in total. The highest BCUT2D eigenvalue weighted by Crippen LogP contribution is 2.25. The standard InChI is InChI=1S/C16H30N2OS/c1-4-6-13-7-8-14(19)18(12-9-13)11-5-10-16(2,3)15(17)20/h13H,4-12H2,1-3H3,(H2,17,20). The number of likely N-dealkylation sites (tertiary alicyclic amines) is 1. The van der Waals surface area contributed by atoms with Crippen LogP contribution in [0.2, 0.25) is 0 Å². The van der Waals surface area contributed by atoms with E-state index in [9.17, 15) is 4.79 Å². The molecule has 20 heavy (non-hydrogen) atoms. The van der Waals surface area contributed by atoms with Gasteiger partial charge in [0.25, 0.3) is 0 Å². The number of nitrogens with zero attached hydrogens (tertiary/aromatic N) is 1. The first-order chi connectivity index (χ1) is 9.36. The minimum atomic E-state index is -0.102. The number of carbonyl (C=O) groups excluding carboxylic acids is 1. The molecule has 1 fully saturated rings. The first kappa shape index (κ1) is 17.4. The number of hydrogen-bond donors (Lipinski definition) is 1. The van der Waals surface area contributed by atoms with Crippen molar-refractivity contribution in [3.63, 3.8) is 0 Å². The van der Waals surface area contributed by atoms with Crippen LogP contribution >= 0.6 is 12.2 Å². The Morgan fingerprint density at radius 1 is 1.45 bits per heavy atom. The second-order valence-electron chi connectivity index (χ2n) is 6.71. The molecule has 0 radical (unpaired) electrons. The molecule has 0 aromatic carbocycles. The van der Waals surface area contributed by atoms with Gasteiger partial charge in [-0.3, -0.25) is 4.79 Å². The maximum atomic E-state index is 12.1. The van der Waals surface area contributed by atoms with Gasteiger partial charge in [-0.25, -0.2) is 0 Å². The zero-order valence-corrected chi connectivity index (χ0v) is 14.1. The monoisotopic (exact) mass is 298 g/mol. The molecule has 0 bridgehead atoms. The molecule has 1 atom stereocenters. The van der Waals surface area contributed by atoms with Crippen molar-refractivity contribution in [1.29, 1.82) is 0 Å². The van der Waals surface area contributed by atoms with Gasteiger partial charge in [-0.15, -0.1) is 0 Å². The second-order valence-corrected chi connectivity index (χ2v) is 7.15. The second kappa shape index (κ2) is 7.96. The Kier molecular flexibility index (Phi) is 6.93. The summed E-state index contributed by atoms with van der Waals surface area (Å²) in [6, 6.07) is 0. The van der Waals surface area contributed by atoms with Crippen molar-refractivity contribution in [2.45, 2.75) is 65.7 Å². The van der Waals surface area contributed by atoms with E-state index in [1.54, 1.807) is 0 Å². The van der Waals surface area contributed by atoms with Crippen LogP contribution in [0.3, 0.4) is 0 Å². The van der Waals surface area contributed by atoms with E-state index in [-0.39, 0.29) is 5.41 Å². The van der Waals surface area contributed by atoms with Gasteiger partial charge in [-0.05, 0) is 31.6 Å². The highest BCUT2D eigenvalue weighted by atomic mass is 32.1. The van der Waals surface area contributed by atoms with Crippen LogP contribution in [0.5, 0.6) is 0 Å². The molecule has 1 aliphatic heterocycles. The topological polar surface area (TPSA) is 46.3 Å². The predicted octanol–water partition coefficient (Wildman–Crippen LogP) is 3.51. The molecule has 2 N–H and O–H groups in total. The van der Waals surface area contributed by atoms with E-state index in [0.717, 1.165) is 51.1 Å². The molecule has 1 saturated heterocycles. The van der Waals surface area contributed by atoms with Gasteiger partial charge in [0.1, 0.15) is 0 Å². The summed E-state index contributed by atoms with van der Waals surface area (Å²) in [7, 11) is 0. The molecule has 0 aliphatic carbocycles. The van der Waals surface area contributed by atoms with Crippen molar-refractivity contribution < 1.29 is 4.79 Å².